The van der Waals surface area contributed by atoms with E-state index in [9.17, 15) is 0 Å². The van der Waals surface area contributed by atoms with E-state index in [1.165, 1.54) is 115 Å². The van der Waals surface area contributed by atoms with Crippen molar-refractivity contribution in [3.05, 3.63) is 124 Å². The summed E-state index contributed by atoms with van der Waals surface area (Å²) in [4.78, 5) is 5.17. The Morgan fingerprint density at radius 3 is 1.61 bits per heavy atom. The first-order valence-electron chi connectivity index (χ1n) is 23.1. The zero-order chi connectivity index (χ0) is 43.6. The molecule has 4 heteroatoms. The molecule has 0 bridgehead atoms. The van der Waals surface area contributed by atoms with Crippen LogP contribution in [-0.2, 0) is 32.5 Å². The van der Waals surface area contributed by atoms with Gasteiger partial charge in [0.2, 0.25) is 0 Å². The molecule has 2 aliphatic heterocycles. The van der Waals surface area contributed by atoms with Gasteiger partial charge in [-0.05, 0) is 170 Å². The largest absolute Gasteiger partial charge is 0.468 e. The maximum Gasteiger partial charge on any atom is 0.297 e. The van der Waals surface area contributed by atoms with Crippen molar-refractivity contribution < 1.29 is 4.42 Å². The quantitative estimate of drug-likeness (QED) is 0.162. The third-order valence-corrected chi connectivity index (χ3v) is 15.7. The van der Waals surface area contributed by atoms with Crippen molar-refractivity contribution in [3.8, 4) is 0 Å². The van der Waals surface area contributed by atoms with Crippen molar-refractivity contribution in [2.45, 2.75) is 162 Å². The van der Waals surface area contributed by atoms with Crippen LogP contribution in [0.4, 0.5) is 34.1 Å². The van der Waals surface area contributed by atoms with E-state index in [-0.39, 0.29) is 39.2 Å². The normalized spacial score (nSPS) is 19.2. The molecule has 1 aromatic heterocycles. The number of nitrogens with zero attached hydrogens (tertiary/aromatic N) is 2. The summed E-state index contributed by atoms with van der Waals surface area (Å²) in [5, 5.41) is 1.22. The third kappa shape index (κ3) is 6.04. The maximum atomic E-state index is 7.55. The molecule has 0 saturated carbocycles. The van der Waals surface area contributed by atoms with Gasteiger partial charge in [0.15, 0.2) is 0 Å². The van der Waals surface area contributed by atoms with Crippen molar-refractivity contribution in [2.24, 2.45) is 0 Å². The van der Waals surface area contributed by atoms with Crippen molar-refractivity contribution in [2.75, 3.05) is 9.80 Å². The number of rotatable bonds is 2. The summed E-state index contributed by atoms with van der Waals surface area (Å²) in [5.74, 6) is 0. The monoisotopic (exact) mass is 807 g/mol. The first-order chi connectivity index (χ1) is 28.4. The molecule has 6 aromatic rings. The first-order valence-corrected chi connectivity index (χ1v) is 23.1. The molecule has 0 amide bonds. The Morgan fingerprint density at radius 2 is 1.02 bits per heavy atom. The topological polar surface area (TPSA) is 19.6 Å². The molecule has 4 aliphatic rings. The van der Waals surface area contributed by atoms with E-state index in [0.717, 1.165) is 11.2 Å². The van der Waals surface area contributed by atoms with Gasteiger partial charge in [-0.1, -0.05) is 127 Å². The van der Waals surface area contributed by atoms with Crippen LogP contribution in [0.25, 0.3) is 11.0 Å². The number of hydrogen-bond acceptors (Lipinski definition) is 3. The van der Waals surface area contributed by atoms with Crippen LogP contribution in [0.1, 0.15) is 162 Å². The fraction of sp³-hybridized carbons (Fsp3) is 0.439. The fourth-order valence-electron chi connectivity index (χ4n) is 11.5. The van der Waals surface area contributed by atoms with Crippen LogP contribution in [0.3, 0.4) is 0 Å². The average Bonchev–Trinajstić information content (AvgIpc) is 3.55. The van der Waals surface area contributed by atoms with Crippen molar-refractivity contribution in [1.29, 1.82) is 0 Å². The Balaban J connectivity index is 1.33. The Morgan fingerprint density at radius 1 is 0.508 bits per heavy atom. The highest BCUT2D eigenvalue weighted by atomic mass is 16.3. The lowest BCUT2D eigenvalue weighted by Crippen LogP contribution is -2.61. The Bertz CT molecular complexity index is 2800. The molecular formula is C57H67BN2O. The lowest BCUT2D eigenvalue weighted by molar-refractivity contribution is 0.332. The second-order valence-corrected chi connectivity index (χ2v) is 24.1. The van der Waals surface area contributed by atoms with Gasteiger partial charge in [-0.15, -0.1) is 0 Å². The number of anilines is 6. The summed E-state index contributed by atoms with van der Waals surface area (Å²) >= 11 is 0. The van der Waals surface area contributed by atoms with Crippen LogP contribution >= 0.6 is 0 Å². The minimum Gasteiger partial charge on any atom is -0.468 e. The molecule has 5 aromatic carbocycles. The van der Waals surface area contributed by atoms with Gasteiger partial charge in [0, 0.05) is 33.8 Å². The second-order valence-electron chi connectivity index (χ2n) is 24.1. The summed E-state index contributed by atoms with van der Waals surface area (Å²) in [7, 11) is 0. The van der Waals surface area contributed by atoms with Gasteiger partial charge < -0.3 is 14.2 Å². The average molecular weight is 807 g/mol. The van der Waals surface area contributed by atoms with Gasteiger partial charge in [0.05, 0.1) is 11.3 Å². The van der Waals surface area contributed by atoms with Crippen LogP contribution in [-0.4, -0.2) is 6.71 Å². The highest BCUT2D eigenvalue weighted by Crippen LogP contribution is 2.53. The molecule has 314 valence electrons. The summed E-state index contributed by atoms with van der Waals surface area (Å²) in [5.41, 5.74) is 22.1. The molecule has 0 N–H and O–H groups in total. The second kappa shape index (κ2) is 12.7. The number of fused-ring (bicyclic) bond motifs is 8. The Hall–Kier alpha value is -4.70. The van der Waals surface area contributed by atoms with Crippen LogP contribution in [0, 0.1) is 6.92 Å². The predicted octanol–water partition coefficient (Wildman–Crippen LogP) is 14.1. The molecule has 0 spiro atoms. The summed E-state index contributed by atoms with van der Waals surface area (Å²) < 4.78 is 7.55. The number of hydrogen-bond donors (Lipinski definition) is 0. The van der Waals surface area contributed by atoms with Crippen molar-refractivity contribution in [3.63, 3.8) is 0 Å². The molecule has 0 radical (unpaired) electrons. The Kier molecular flexibility index (Phi) is 8.41. The van der Waals surface area contributed by atoms with E-state index < -0.39 is 0 Å². The van der Waals surface area contributed by atoms with Crippen LogP contribution in [0.5, 0.6) is 0 Å². The number of aryl methyl sites for hydroxylation is 1. The summed E-state index contributed by atoms with van der Waals surface area (Å²) in [6.45, 7) is 35.6. The highest BCUT2D eigenvalue weighted by molar-refractivity contribution is 7.00. The molecule has 0 saturated heterocycles. The molecule has 10 rings (SSSR count). The minimum atomic E-state index is -0.0855. The van der Waals surface area contributed by atoms with E-state index in [2.05, 4.69) is 199 Å². The lowest BCUT2D eigenvalue weighted by atomic mass is 9.35. The van der Waals surface area contributed by atoms with E-state index >= 15 is 0 Å². The maximum absolute atomic E-state index is 7.55. The van der Waals surface area contributed by atoms with Gasteiger partial charge in [-0.3, -0.25) is 0 Å². The molecule has 2 aliphatic carbocycles. The third-order valence-electron chi connectivity index (χ3n) is 15.7. The molecule has 0 atom stereocenters. The SMILES string of the molecule is Cc1cc2c3c(c1)N(c1ccc4c(c1)C(C)(C)CCC4(C)C)c1c(oc4cc5c(cc14)C(C)(C)CCC5(C)C)B3c1cc(C(C)(C)C)ccc1N2c1ccc(C(C)(C)C)cc1. The van der Waals surface area contributed by atoms with E-state index in [1.54, 1.807) is 0 Å². The minimum absolute atomic E-state index is 0.0259. The van der Waals surface area contributed by atoms with E-state index in [1.807, 2.05) is 0 Å². The number of furan rings is 1. The standard InChI is InChI=1S/C57H67BN2O/c1-34-28-46-49-47(29-34)60(38-21-22-40-41(31-38)55(10,11)25-24-54(40,8)9)50-39-32-42-43(57(14,15)27-26-56(42,12)13)33-48(39)61-51(50)58(49)44-30-36(53(5,6)7)18-23-45(44)59(46)37-19-16-35(17-20-37)52(2,3)4/h16-23,28-33H,24-27H2,1-15H3. The van der Waals surface area contributed by atoms with E-state index in [4.69, 9.17) is 4.42 Å². The van der Waals surface area contributed by atoms with Gasteiger partial charge in [0.1, 0.15) is 5.58 Å². The van der Waals surface area contributed by atoms with E-state index in [0.29, 0.717) is 0 Å². The van der Waals surface area contributed by atoms with Crippen molar-refractivity contribution in [1.82, 2.24) is 0 Å². The zero-order valence-corrected chi connectivity index (χ0v) is 39.8. The lowest BCUT2D eigenvalue weighted by Gasteiger charge is -2.45. The Labute approximate surface area is 367 Å². The molecule has 0 fully saturated rings. The van der Waals surface area contributed by atoms with Crippen molar-refractivity contribution >= 4 is 68.4 Å². The van der Waals surface area contributed by atoms with Gasteiger partial charge in [0.25, 0.3) is 6.71 Å². The van der Waals surface area contributed by atoms with Gasteiger partial charge in [-0.2, -0.15) is 0 Å². The zero-order valence-electron chi connectivity index (χ0n) is 39.8. The fourth-order valence-corrected chi connectivity index (χ4v) is 11.5. The highest BCUT2D eigenvalue weighted by Gasteiger charge is 2.49. The molecule has 3 heterocycles. The summed E-state index contributed by atoms with van der Waals surface area (Å²) in [6, 6.07) is 33.9. The smallest absolute Gasteiger partial charge is 0.297 e. The van der Waals surface area contributed by atoms with Crippen LogP contribution in [0.2, 0.25) is 0 Å². The molecule has 3 nitrogen and oxygen atoms in total. The van der Waals surface area contributed by atoms with Gasteiger partial charge >= 0.3 is 0 Å². The molecule has 61 heavy (non-hydrogen) atoms. The first kappa shape index (κ1) is 40.4. The van der Waals surface area contributed by atoms with Crippen LogP contribution < -0.4 is 26.4 Å². The van der Waals surface area contributed by atoms with Gasteiger partial charge in [-0.25, -0.2) is 0 Å². The molecule has 0 unspecified atom stereocenters. The predicted molar refractivity (Wildman–Crippen MR) is 263 cm³/mol. The molecular weight excluding hydrogens is 739 g/mol. The van der Waals surface area contributed by atoms with Crippen LogP contribution in [0.15, 0.2) is 89.3 Å². The summed E-state index contributed by atoms with van der Waals surface area (Å²) in [6.07, 6.45) is 4.70. The number of benzene rings is 5.